The average Bonchev–Trinajstić information content (AvgIpc) is 3.62. The number of hydrogen-bond donors (Lipinski definition) is 0. The summed E-state index contributed by atoms with van der Waals surface area (Å²) in [6, 6.07) is 42.7. The number of rotatable bonds is 5. The predicted molar refractivity (Wildman–Crippen MR) is 220 cm³/mol. The number of benzene rings is 5. The van der Waals surface area contributed by atoms with Crippen molar-refractivity contribution in [1.29, 1.82) is 0 Å². The van der Waals surface area contributed by atoms with Gasteiger partial charge in [-0.3, -0.25) is 0 Å². The molecule has 3 heterocycles. The number of nitrogens with zero attached hydrogens (tertiary/aromatic N) is 2. The molecule has 0 aliphatic heterocycles. The third kappa shape index (κ3) is 8.39. The van der Waals surface area contributed by atoms with Crippen molar-refractivity contribution >= 4 is 21.9 Å². The average molecular weight is 906 g/mol. The van der Waals surface area contributed by atoms with Gasteiger partial charge >= 0.3 is 0 Å². The Morgan fingerprint density at radius 1 is 0.782 bits per heavy atom. The van der Waals surface area contributed by atoms with E-state index in [1.807, 2.05) is 54.6 Å². The third-order valence-corrected chi connectivity index (χ3v) is 10.3. The molecule has 0 N–H and O–H groups in total. The van der Waals surface area contributed by atoms with E-state index >= 15 is 0 Å². The maximum atomic E-state index is 13.7. The predicted octanol–water partition coefficient (Wildman–Crippen LogP) is 13.8. The zero-order chi connectivity index (χ0) is 43.2. The molecule has 5 aromatic carbocycles. The van der Waals surface area contributed by atoms with E-state index in [-0.39, 0.29) is 37.0 Å². The minimum atomic E-state index is -2.27. The summed E-state index contributed by atoms with van der Waals surface area (Å²) in [6.45, 7) is 0.130. The fourth-order valence-corrected chi connectivity index (χ4v) is 7.12. The molecule has 55 heavy (non-hydrogen) atoms. The van der Waals surface area contributed by atoms with Gasteiger partial charge in [-0.25, -0.2) is 4.39 Å². The first-order valence-electron chi connectivity index (χ1n) is 21.7. The zero-order valence-electron chi connectivity index (χ0n) is 37.5. The number of aryl methyl sites for hydroxylation is 2. The molecule has 1 radical (unpaired) electrons. The molecule has 0 bridgehead atoms. The van der Waals surface area contributed by atoms with Crippen LogP contribution in [-0.2, 0) is 20.1 Å². The van der Waals surface area contributed by atoms with E-state index < -0.39 is 19.6 Å². The molecule has 8 aromatic rings. The Bertz CT molecular complexity index is 2830. The fraction of sp³-hybridized carbons (Fsp3) is 0.200. The molecule has 3 nitrogen and oxygen atoms in total. The van der Waals surface area contributed by atoms with Crippen molar-refractivity contribution in [3.63, 3.8) is 0 Å². The molecule has 0 amide bonds. The first-order chi connectivity index (χ1) is 29.0. The molecule has 0 saturated heterocycles. The maximum Gasteiger partial charge on any atom is 0.126 e. The summed E-state index contributed by atoms with van der Waals surface area (Å²) >= 11 is 0. The SMILES string of the molecule is [2H]C([2H])([2H])c1ccc(-c2[c-]cc(C([2H])([2H])[2H])c(-c3ccccc3)c2)nc1.[2H]C1(c2ccc(-c3ccnc(-c4[c-]ccc5c4oc4cc(F)ccc45)c3)cc2)CCC(C)(C)CC1.[Ir]. The van der Waals surface area contributed by atoms with Crippen molar-refractivity contribution in [3.8, 4) is 44.8 Å². The molecule has 3 aromatic heterocycles. The number of pyridine rings is 2. The number of aromatic nitrogens is 2. The minimum Gasteiger partial charge on any atom is -0.500 e. The Morgan fingerprint density at radius 2 is 1.60 bits per heavy atom. The van der Waals surface area contributed by atoms with E-state index in [9.17, 15) is 4.39 Å². The van der Waals surface area contributed by atoms with Gasteiger partial charge in [0.2, 0.25) is 0 Å². The van der Waals surface area contributed by atoms with Crippen molar-refractivity contribution in [2.75, 3.05) is 0 Å². The van der Waals surface area contributed by atoms with Gasteiger partial charge in [0, 0.05) is 53.5 Å². The molecule has 1 saturated carbocycles. The van der Waals surface area contributed by atoms with Crippen LogP contribution in [0.3, 0.4) is 0 Å². The second-order valence-electron chi connectivity index (χ2n) is 14.6. The monoisotopic (exact) mass is 906 g/mol. The first kappa shape index (κ1) is 30.1. The minimum absolute atomic E-state index is 0. The Hall–Kier alpha value is -5.22. The van der Waals surface area contributed by atoms with Crippen LogP contribution in [0.25, 0.3) is 66.7 Å². The number of fused-ring (bicyclic) bond motifs is 3. The van der Waals surface area contributed by atoms with Crippen LogP contribution >= 0.6 is 0 Å². The van der Waals surface area contributed by atoms with Gasteiger partial charge in [-0.1, -0.05) is 110 Å². The van der Waals surface area contributed by atoms with Crippen LogP contribution in [-0.4, -0.2) is 9.97 Å². The summed E-state index contributed by atoms with van der Waals surface area (Å²) in [7, 11) is 0. The molecule has 9 rings (SSSR count). The number of furan rings is 1. The molecule has 1 aliphatic carbocycles. The van der Waals surface area contributed by atoms with E-state index in [1.165, 1.54) is 30.5 Å². The summed E-state index contributed by atoms with van der Waals surface area (Å²) in [6.07, 6.45) is 7.09. The molecule has 1 fully saturated rings. The number of hydrogen-bond acceptors (Lipinski definition) is 3. The summed E-state index contributed by atoms with van der Waals surface area (Å²) in [5.41, 5.74) is 9.12. The quantitative estimate of drug-likeness (QED) is 0.162. The van der Waals surface area contributed by atoms with Gasteiger partial charge in [0.25, 0.3) is 0 Å². The van der Waals surface area contributed by atoms with E-state index in [0.29, 0.717) is 33.4 Å². The molecule has 277 valence electrons. The van der Waals surface area contributed by atoms with Crippen LogP contribution in [0.15, 0.2) is 138 Å². The second-order valence-corrected chi connectivity index (χ2v) is 14.6. The normalized spacial score (nSPS) is 16.8. The van der Waals surface area contributed by atoms with Gasteiger partial charge in [0.05, 0.1) is 5.58 Å². The van der Waals surface area contributed by atoms with Crippen LogP contribution in [0.5, 0.6) is 0 Å². The van der Waals surface area contributed by atoms with E-state index in [4.69, 9.17) is 14.0 Å². The van der Waals surface area contributed by atoms with Gasteiger partial charge in [-0.2, -0.15) is 0 Å². The van der Waals surface area contributed by atoms with Crippen LogP contribution in [0, 0.1) is 37.1 Å². The maximum absolute atomic E-state index is 13.7. The second kappa shape index (κ2) is 16.3. The summed E-state index contributed by atoms with van der Waals surface area (Å²) < 4.78 is 74.4. The molecule has 0 spiro atoms. The van der Waals surface area contributed by atoms with Crippen molar-refractivity contribution < 1.29 is 38.5 Å². The topological polar surface area (TPSA) is 38.9 Å². The molecule has 0 unspecified atom stereocenters. The van der Waals surface area contributed by atoms with Crippen LogP contribution in [0.1, 0.15) is 71.7 Å². The van der Waals surface area contributed by atoms with Crippen molar-refractivity contribution in [1.82, 2.24) is 9.97 Å². The molecular weight excluding hydrogens is 856 g/mol. The molecule has 1 aliphatic rings. The molecular formula is C50H43FIrN2O-2. The number of halogens is 1. The van der Waals surface area contributed by atoms with Crippen molar-refractivity contribution in [2.24, 2.45) is 5.41 Å². The van der Waals surface area contributed by atoms with E-state index in [0.717, 1.165) is 70.0 Å². The van der Waals surface area contributed by atoms with Gasteiger partial charge in [0.1, 0.15) is 11.4 Å². The van der Waals surface area contributed by atoms with Crippen LogP contribution in [0.4, 0.5) is 4.39 Å². The van der Waals surface area contributed by atoms with Gasteiger partial charge in [-0.05, 0) is 101 Å². The largest absolute Gasteiger partial charge is 0.500 e. The van der Waals surface area contributed by atoms with Crippen molar-refractivity contribution in [3.05, 3.63) is 168 Å². The summed E-state index contributed by atoms with van der Waals surface area (Å²) in [5.74, 6) is -0.819. The fourth-order valence-electron chi connectivity index (χ4n) is 7.12. The summed E-state index contributed by atoms with van der Waals surface area (Å²) in [4.78, 5) is 8.80. The van der Waals surface area contributed by atoms with E-state index in [1.54, 1.807) is 24.4 Å². The van der Waals surface area contributed by atoms with Crippen molar-refractivity contribution in [2.45, 2.75) is 59.1 Å². The Morgan fingerprint density at radius 3 is 2.35 bits per heavy atom. The van der Waals surface area contributed by atoms with Crippen LogP contribution in [0.2, 0.25) is 0 Å². The smallest absolute Gasteiger partial charge is 0.126 e. The van der Waals surface area contributed by atoms with Crippen LogP contribution < -0.4 is 0 Å². The Balaban J connectivity index is 0.000000192. The Labute approximate surface area is 346 Å². The van der Waals surface area contributed by atoms with Gasteiger partial charge in [0.15, 0.2) is 0 Å². The first-order valence-corrected chi connectivity index (χ1v) is 18.2. The summed E-state index contributed by atoms with van der Waals surface area (Å²) in [5, 5.41) is 1.79. The van der Waals surface area contributed by atoms with Gasteiger partial charge < -0.3 is 14.4 Å². The third-order valence-electron chi connectivity index (χ3n) is 10.3. The van der Waals surface area contributed by atoms with E-state index in [2.05, 4.69) is 60.2 Å². The Kier molecular flexibility index (Phi) is 8.88. The van der Waals surface area contributed by atoms with Gasteiger partial charge in [-0.15, -0.1) is 47.5 Å². The standard InChI is InChI=1S/C31H27FNO.C19H16N.Ir/c1-31(2)15-12-22(13-16-31)20-6-8-21(9-7-20)23-14-17-33-28(18-23)27-5-3-4-26-25-11-10-24(32)19-29(25)34-30(26)27;1-14-8-11-19(20-13-14)17-10-9-15(2)18(12-17)16-6-4-3-5-7-16;/h3-4,6-11,14,17-19,22H,12-13,15-16H2,1-2H3;3-9,11-13H,1-2H3;/q2*-1;/i22D;1D3,2D3;. The molecule has 0 atom stereocenters. The molecule has 5 heteroatoms. The zero-order valence-corrected chi connectivity index (χ0v) is 32.9.